The molecule has 126 valence electrons. The van der Waals surface area contributed by atoms with Gasteiger partial charge in [0.15, 0.2) is 0 Å². The van der Waals surface area contributed by atoms with E-state index >= 15 is 0 Å². The van der Waals surface area contributed by atoms with Gasteiger partial charge in [0.25, 0.3) is 0 Å². The van der Waals surface area contributed by atoms with Gasteiger partial charge in [-0.15, -0.1) is 0 Å². The van der Waals surface area contributed by atoms with Crippen LogP contribution in [-0.2, 0) is 12.7 Å². The van der Waals surface area contributed by atoms with Crippen molar-refractivity contribution in [1.82, 2.24) is 9.55 Å². The summed E-state index contributed by atoms with van der Waals surface area (Å²) < 4.78 is 40.6. The van der Waals surface area contributed by atoms with Crippen LogP contribution in [-0.4, -0.2) is 9.55 Å². The van der Waals surface area contributed by atoms with Crippen LogP contribution >= 0.6 is 0 Å². The Morgan fingerprint density at radius 3 is 2.42 bits per heavy atom. The lowest BCUT2D eigenvalue weighted by Crippen LogP contribution is -2.09. The number of hydrogen-bond acceptors (Lipinski definition) is 2. The van der Waals surface area contributed by atoms with Crippen LogP contribution in [0.5, 0.6) is 0 Å². The molecule has 3 aromatic rings. The number of nitrogens with one attached hydrogen (secondary N) is 1. The highest BCUT2D eigenvalue weighted by Gasteiger charge is 2.31. The van der Waals surface area contributed by atoms with E-state index in [9.17, 15) is 13.2 Å². The third-order valence-corrected chi connectivity index (χ3v) is 3.83. The number of benzene rings is 2. The van der Waals surface area contributed by atoms with E-state index in [2.05, 4.69) is 10.3 Å². The maximum atomic E-state index is 12.9. The van der Waals surface area contributed by atoms with E-state index in [-0.39, 0.29) is 6.04 Å². The van der Waals surface area contributed by atoms with Crippen molar-refractivity contribution in [1.29, 1.82) is 0 Å². The topological polar surface area (TPSA) is 29.9 Å². The van der Waals surface area contributed by atoms with Gasteiger partial charge in [-0.3, -0.25) is 0 Å². The Morgan fingerprint density at radius 1 is 1.08 bits per heavy atom. The largest absolute Gasteiger partial charge is 0.416 e. The van der Waals surface area contributed by atoms with Gasteiger partial charge in [-0.25, -0.2) is 4.98 Å². The molecule has 0 saturated heterocycles. The highest BCUT2D eigenvalue weighted by atomic mass is 19.4. The molecule has 1 N–H and O–H groups in total. The summed E-state index contributed by atoms with van der Waals surface area (Å²) >= 11 is 0. The second-order valence-corrected chi connectivity index (χ2v) is 5.94. The second-order valence-electron chi connectivity index (χ2n) is 5.94. The van der Waals surface area contributed by atoms with Gasteiger partial charge < -0.3 is 9.88 Å². The number of anilines is 1. The molecule has 0 bridgehead atoms. The molecule has 0 saturated carbocycles. The number of imidazole rings is 1. The number of alkyl halides is 3. The van der Waals surface area contributed by atoms with Gasteiger partial charge in [0, 0.05) is 12.6 Å². The molecular formula is C18H18F3N3. The minimum atomic E-state index is -4.37. The summed E-state index contributed by atoms with van der Waals surface area (Å²) in [5, 5.41) is 3.23. The second kappa shape index (κ2) is 6.19. The summed E-state index contributed by atoms with van der Waals surface area (Å²) in [6.45, 7) is 4.52. The summed E-state index contributed by atoms with van der Waals surface area (Å²) in [5.74, 6) is 0.572. The SMILES string of the molecule is CC(C)n1c(NCc2ccccc2)nc2cc(C(F)(F)F)ccc21. The number of halogens is 3. The van der Waals surface area contributed by atoms with Crippen molar-refractivity contribution in [2.75, 3.05) is 5.32 Å². The van der Waals surface area contributed by atoms with Gasteiger partial charge >= 0.3 is 6.18 Å². The van der Waals surface area contributed by atoms with Crippen molar-refractivity contribution in [3.63, 3.8) is 0 Å². The first-order valence-electron chi connectivity index (χ1n) is 7.73. The Bertz CT molecular complexity index is 836. The molecule has 0 fully saturated rings. The smallest absolute Gasteiger partial charge is 0.352 e. The molecule has 0 atom stereocenters. The number of hydrogen-bond donors (Lipinski definition) is 1. The summed E-state index contributed by atoms with van der Waals surface area (Å²) in [6, 6.07) is 13.5. The van der Waals surface area contributed by atoms with E-state index in [1.54, 1.807) is 0 Å². The highest BCUT2D eigenvalue weighted by Crippen LogP contribution is 2.33. The van der Waals surface area contributed by atoms with Gasteiger partial charge in [0.1, 0.15) is 0 Å². The van der Waals surface area contributed by atoms with Gasteiger partial charge in [-0.05, 0) is 37.6 Å². The number of rotatable bonds is 4. The van der Waals surface area contributed by atoms with E-state index < -0.39 is 11.7 Å². The quantitative estimate of drug-likeness (QED) is 0.707. The Balaban J connectivity index is 1.98. The van der Waals surface area contributed by atoms with Crippen LogP contribution < -0.4 is 5.32 Å². The van der Waals surface area contributed by atoms with Crippen molar-refractivity contribution < 1.29 is 13.2 Å². The van der Waals surface area contributed by atoms with Crippen molar-refractivity contribution in [2.24, 2.45) is 0 Å². The summed E-state index contributed by atoms with van der Waals surface area (Å²) in [6.07, 6.45) is -4.37. The first-order chi connectivity index (χ1) is 11.4. The lowest BCUT2D eigenvalue weighted by molar-refractivity contribution is -0.137. The first-order valence-corrected chi connectivity index (χ1v) is 7.73. The van der Waals surface area contributed by atoms with Crippen molar-refractivity contribution >= 4 is 17.0 Å². The summed E-state index contributed by atoms with van der Waals surface area (Å²) in [7, 11) is 0. The van der Waals surface area contributed by atoms with E-state index in [0.29, 0.717) is 23.5 Å². The van der Waals surface area contributed by atoms with Crippen LogP contribution in [0.1, 0.15) is 31.0 Å². The van der Waals surface area contributed by atoms with Gasteiger partial charge in [0.2, 0.25) is 5.95 Å². The Hall–Kier alpha value is -2.50. The molecule has 0 radical (unpaired) electrons. The molecule has 0 aliphatic carbocycles. The molecular weight excluding hydrogens is 315 g/mol. The maximum absolute atomic E-state index is 12.9. The van der Waals surface area contributed by atoms with E-state index in [4.69, 9.17) is 0 Å². The fraction of sp³-hybridized carbons (Fsp3) is 0.278. The average molecular weight is 333 g/mol. The normalized spacial score (nSPS) is 12.1. The van der Waals surface area contributed by atoms with Crippen LogP contribution in [0.3, 0.4) is 0 Å². The van der Waals surface area contributed by atoms with Crippen LogP contribution in [0, 0.1) is 0 Å². The monoisotopic (exact) mass is 333 g/mol. The molecule has 3 rings (SSSR count). The fourth-order valence-corrected chi connectivity index (χ4v) is 2.70. The van der Waals surface area contributed by atoms with E-state index in [0.717, 1.165) is 17.7 Å². The fourth-order valence-electron chi connectivity index (χ4n) is 2.70. The van der Waals surface area contributed by atoms with Crippen LogP contribution in [0.4, 0.5) is 19.1 Å². The average Bonchev–Trinajstić information content (AvgIpc) is 2.90. The highest BCUT2D eigenvalue weighted by molar-refractivity contribution is 5.80. The summed E-state index contributed by atoms with van der Waals surface area (Å²) in [5.41, 5.74) is 1.43. The molecule has 0 aliphatic heterocycles. The predicted molar refractivity (Wildman–Crippen MR) is 88.9 cm³/mol. The predicted octanol–water partition coefficient (Wildman–Crippen LogP) is 5.25. The summed E-state index contributed by atoms with van der Waals surface area (Å²) in [4.78, 5) is 4.38. The number of fused-ring (bicyclic) bond motifs is 1. The van der Waals surface area contributed by atoms with Gasteiger partial charge in [-0.1, -0.05) is 30.3 Å². The van der Waals surface area contributed by atoms with Crippen LogP contribution in [0.2, 0.25) is 0 Å². The number of aromatic nitrogens is 2. The Kier molecular flexibility index (Phi) is 4.22. The molecule has 0 amide bonds. The molecule has 0 unspecified atom stereocenters. The lowest BCUT2D eigenvalue weighted by atomic mass is 10.2. The zero-order chi connectivity index (χ0) is 17.3. The standard InChI is InChI=1S/C18H18F3N3/c1-12(2)24-16-9-8-14(18(19,20)21)10-15(16)23-17(24)22-11-13-6-4-3-5-7-13/h3-10,12H,11H2,1-2H3,(H,22,23). The van der Waals surface area contributed by atoms with Crippen LogP contribution in [0.25, 0.3) is 11.0 Å². The molecule has 1 aromatic heterocycles. The number of nitrogens with zero attached hydrogens (tertiary/aromatic N) is 2. The first kappa shape index (κ1) is 16.4. The van der Waals surface area contributed by atoms with Gasteiger partial charge in [-0.2, -0.15) is 13.2 Å². The molecule has 0 aliphatic rings. The zero-order valence-electron chi connectivity index (χ0n) is 13.4. The minimum Gasteiger partial charge on any atom is -0.352 e. The zero-order valence-corrected chi connectivity index (χ0v) is 13.4. The van der Waals surface area contributed by atoms with E-state index in [1.807, 2.05) is 48.7 Å². The van der Waals surface area contributed by atoms with E-state index in [1.165, 1.54) is 6.07 Å². The molecule has 3 nitrogen and oxygen atoms in total. The third kappa shape index (κ3) is 3.22. The Morgan fingerprint density at radius 2 is 1.79 bits per heavy atom. The van der Waals surface area contributed by atoms with Crippen LogP contribution in [0.15, 0.2) is 48.5 Å². The van der Waals surface area contributed by atoms with Crippen molar-refractivity contribution in [2.45, 2.75) is 32.6 Å². The molecule has 24 heavy (non-hydrogen) atoms. The van der Waals surface area contributed by atoms with Crippen molar-refractivity contribution in [3.05, 3.63) is 59.7 Å². The maximum Gasteiger partial charge on any atom is 0.416 e. The Labute approximate surface area is 138 Å². The lowest BCUT2D eigenvalue weighted by Gasteiger charge is -2.14. The molecule has 0 spiro atoms. The van der Waals surface area contributed by atoms with Gasteiger partial charge in [0.05, 0.1) is 16.6 Å². The minimum absolute atomic E-state index is 0.0741. The third-order valence-electron chi connectivity index (χ3n) is 3.83. The molecule has 1 heterocycles. The molecule has 6 heteroatoms. The molecule has 2 aromatic carbocycles. The van der Waals surface area contributed by atoms with Crippen molar-refractivity contribution in [3.8, 4) is 0 Å².